The van der Waals surface area contributed by atoms with Gasteiger partial charge < -0.3 is 20.3 Å². The van der Waals surface area contributed by atoms with E-state index in [2.05, 4.69) is 0 Å². The summed E-state index contributed by atoms with van der Waals surface area (Å²) in [5.74, 6) is -2.20. The number of carbonyl (C=O) groups excluding carboxylic acids is 2. The lowest BCUT2D eigenvalue weighted by molar-refractivity contribution is -0.132. The second-order valence-electron chi connectivity index (χ2n) is 7.52. The molecule has 0 unspecified atom stereocenters. The number of ether oxygens (including phenoxy) is 2. The molecule has 3 aromatic rings. The van der Waals surface area contributed by atoms with E-state index in [0.717, 1.165) is 36.1 Å². The normalized spacial score (nSPS) is 10.5. The Balaban J connectivity index is 2.35. The number of hydrogen-bond acceptors (Lipinski definition) is 8. The number of amides is 1. The van der Waals surface area contributed by atoms with Gasteiger partial charge >= 0.3 is 23.7 Å². The predicted octanol–water partition coefficient (Wildman–Crippen LogP) is 2.09. The number of nitrogens with zero attached hydrogens (tertiary/aromatic N) is 3. The monoisotopic (exact) mass is 482 g/mol. The number of rotatable bonds is 5. The number of benzene rings is 2. The first-order valence-electron chi connectivity index (χ1n) is 10.1. The van der Waals surface area contributed by atoms with Gasteiger partial charge in [0.1, 0.15) is 17.3 Å². The minimum atomic E-state index is -1.64. The Morgan fingerprint density at radius 2 is 1.46 bits per heavy atom. The molecule has 12 heteroatoms. The van der Waals surface area contributed by atoms with Crippen LogP contribution in [-0.4, -0.2) is 32.3 Å². The summed E-state index contributed by atoms with van der Waals surface area (Å²) >= 11 is 0. The number of carbonyl (C=O) groups is 3. The highest BCUT2D eigenvalue weighted by atomic mass is 16.5. The van der Waals surface area contributed by atoms with Gasteiger partial charge in [-0.05, 0) is 19.1 Å². The quantitative estimate of drug-likeness (QED) is 0.409. The van der Waals surface area contributed by atoms with Crippen LogP contribution >= 0.6 is 0 Å². The summed E-state index contributed by atoms with van der Waals surface area (Å²) in [6.07, 6.45) is -1.64. The molecule has 182 valence electrons. The van der Waals surface area contributed by atoms with E-state index >= 15 is 0 Å². The summed E-state index contributed by atoms with van der Waals surface area (Å²) in [6.45, 7) is 4.09. The molecule has 1 amide bonds. The summed E-state index contributed by atoms with van der Waals surface area (Å²) in [5.41, 5.74) is 4.83. The van der Waals surface area contributed by atoms with Crippen LogP contribution in [0.4, 0.5) is 22.0 Å². The van der Waals surface area contributed by atoms with Crippen molar-refractivity contribution in [1.82, 2.24) is 9.13 Å². The summed E-state index contributed by atoms with van der Waals surface area (Å²) in [5, 5.41) is 10.1. The number of nitrogen functional groups attached to an aromatic ring is 1. The van der Waals surface area contributed by atoms with Crippen molar-refractivity contribution in [2.75, 3.05) is 10.6 Å². The molecule has 0 aliphatic carbocycles. The SMILES string of the molecule is CC(=O)Oc1cc(OC(C)=O)cc(N(C(=O)O)c2c(N)n(-c3ccc(C)cc3)c(=O)n(C)c2=O)c1. The Bertz CT molecular complexity index is 1420. The Morgan fingerprint density at radius 3 is 1.91 bits per heavy atom. The Morgan fingerprint density at radius 1 is 0.943 bits per heavy atom. The summed E-state index contributed by atoms with van der Waals surface area (Å²) in [6, 6.07) is 10.1. The molecular formula is C23H22N4O8. The molecule has 12 nitrogen and oxygen atoms in total. The number of carboxylic acid groups (broad SMARTS) is 1. The molecule has 0 saturated carbocycles. The number of esters is 2. The van der Waals surface area contributed by atoms with Gasteiger partial charge in [0.2, 0.25) is 0 Å². The van der Waals surface area contributed by atoms with Crippen LogP contribution in [0, 0.1) is 6.92 Å². The fourth-order valence-corrected chi connectivity index (χ4v) is 3.34. The summed E-state index contributed by atoms with van der Waals surface area (Å²) < 4.78 is 11.8. The second kappa shape index (κ2) is 9.55. The first-order chi connectivity index (χ1) is 16.4. The first kappa shape index (κ1) is 24.8. The third-order valence-corrected chi connectivity index (χ3v) is 4.82. The smallest absolute Gasteiger partial charge is 0.416 e. The average molecular weight is 482 g/mol. The topological polar surface area (TPSA) is 163 Å². The molecule has 0 aliphatic rings. The zero-order valence-corrected chi connectivity index (χ0v) is 19.3. The molecule has 0 atom stereocenters. The number of anilines is 3. The Hall–Kier alpha value is -4.87. The molecule has 0 aliphatic heterocycles. The maximum Gasteiger partial charge on any atom is 0.416 e. The van der Waals surface area contributed by atoms with Crippen LogP contribution in [0.3, 0.4) is 0 Å². The molecule has 1 aromatic heterocycles. The highest BCUT2D eigenvalue weighted by Crippen LogP contribution is 2.34. The van der Waals surface area contributed by atoms with Crippen LogP contribution in [-0.2, 0) is 16.6 Å². The van der Waals surface area contributed by atoms with Gasteiger partial charge in [-0.3, -0.25) is 19.0 Å². The lowest BCUT2D eigenvalue weighted by atomic mass is 10.2. The molecule has 0 spiro atoms. The Kier molecular flexibility index (Phi) is 6.76. The third kappa shape index (κ3) is 5.05. The van der Waals surface area contributed by atoms with E-state index in [1.54, 1.807) is 24.3 Å². The van der Waals surface area contributed by atoms with Gasteiger partial charge in [-0.1, -0.05) is 17.7 Å². The van der Waals surface area contributed by atoms with Crippen molar-refractivity contribution in [2.45, 2.75) is 20.8 Å². The van der Waals surface area contributed by atoms with Gasteiger partial charge in [0.05, 0.1) is 11.4 Å². The van der Waals surface area contributed by atoms with E-state index in [-0.39, 0.29) is 17.2 Å². The van der Waals surface area contributed by atoms with Gasteiger partial charge in [0.25, 0.3) is 5.56 Å². The minimum Gasteiger partial charge on any atom is -0.464 e. The fourth-order valence-electron chi connectivity index (χ4n) is 3.34. The summed E-state index contributed by atoms with van der Waals surface area (Å²) in [4.78, 5) is 61.8. The van der Waals surface area contributed by atoms with E-state index < -0.39 is 40.8 Å². The van der Waals surface area contributed by atoms with Crippen LogP contribution in [0.15, 0.2) is 52.1 Å². The van der Waals surface area contributed by atoms with E-state index in [4.69, 9.17) is 15.2 Å². The molecule has 0 bridgehead atoms. The van der Waals surface area contributed by atoms with Gasteiger partial charge in [0.15, 0.2) is 5.69 Å². The molecule has 3 rings (SSSR count). The van der Waals surface area contributed by atoms with Gasteiger partial charge in [-0.2, -0.15) is 0 Å². The van der Waals surface area contributed by atoms with Crippen molar-refractivity contribution in [3.63, 3.8) is 0 Å². The van der Waals surface area contributed by atoms with Crippen molar-refractivity contribution in [3.05, 3.63) is 68.9 Å². The predicted molar refractivity (Wildman–Crippen MR) is 126 cm³/mol. The number of hydrogen-bond donors (Lipinski definition) is 2. The van der Waals surface area contributed by atoms with Gasteiger partial charge in [-0.15, -0.1) is 0 Å². The summed E-state index contributed by atoms with van der Waals surface area (Å²) in [7, 11) is 1.18. The van der Waals surface area contributed by atoms with E-state index in [9.17, 15) is 29.1 Å². The number of nitrogens with two attached hydrogens (primary N) is 1. The van der Waals surface area contributed by atoms with Crippen LogP contribution < -0.4 is 31.4 Å². The van der Waals surface area contributed by atoms with Crippen LogP contribution in [0.25, 0.3) is 5.69 Å². The van der Waals surface area contributed by atoms with Crippen molar-refractivity contribution in [1.29, 1.82) is 0 Å². The van der Waals surface area contributed by atoms with Crippen molar-refractivity contribution in [3.8, 4) is 17.2 Å². The fraction of sp³-hybridized carbons (Fsp3) is 0.174. The highest BCUT2D eigenvalue weighted by molar-refractivity contribution is 5.98. The van der Waals surface area contributed by atoms with Crippen LogP contribution in [0.5, 0.6) is 11.5 Å². The van der Waals surface area contributed by atoms with Crippen LogP contribution in [0.2, 0.25) is 0 Å². The molecule has 0 radical (unpaired) electrons. The van der Waals surface area contributed by atoms with Crippen molar-refractivity contribution in [2.24, 2.45) is 7.05 Å². The molecular weight excluding hydrogens is 460 g/mol. The van der Waals surface area contributed by atoms with Gasteiger partial charge in [-0.25, -0.2) is 19.1 Å². The largest absolute Gasteiger partial charge is 0.464 e. The van der Waals surface area contributed by atoms with E-state index in [0.29, 0.717) is 15.2 Å². The molecule has 0 fully saturated rings. The maximum atomic E-state index is 13.1. The van der Waals surface area contributed by atoms with E-state index in [1.807, 2.05) is 6.92 Å². The van der Waals surface area contributed by atoms with Crippen molar-refractivity contribution >= 4 is 35.2 Å². The molecule has 0 saturated heterocycles. The average Bonchev–Trinajstić information content (AvgIpc) is 2.75. The standard InChI is InChI=1S/C23H22N4O8/c1-12-5-7-15(8-6-12)27-20(24)19(21(30)25(4)22(27)31)26(23(32)33)16-9-17(34-13(2)28)11-18(10-16)35-14(3)29/h5-11H,24H2,1-4H3,(H,32,33). The van der Waals surface area contributed by atoms with Gasteiger partial charge in [0, 0.05) is 39.1 Å². The Labute approximate surface area is 198 Å². The molecule has 35 heavy (non-hydrogen) atoms. The molecule has 3 N–H and O–H groups in total. The number of aryl methyl sites for hydroxylation is 1. The zero-order chi connectivity index (χ0) is 26.0. The number of aromatic nitrogens is 2. The van der Waals surface area contributed by atoms with Crippen LogP contribution in [0.1, 0.15) is 19.4 Å². The van der Waals surface area contributed by atoms with E-state index in [1.165, 1.54) is 13.1 Å². The highest BCUT2D eigenvalue weighted by Gasteiger charge is 2.28. The minimum absolute atomic E-state index is 0.153. The lowest BCUT2D eigenvalue weighted by Crippen LogP contribution is -2.43. The third-order valence-electron chi connectivity index (χ3n) is 4.82. The zero-order valence-electron chi connectivity index (χ0n) is 19.3. The maximum absolute atomic E-state index is 13.1. The molecule has 1 heterocycles. The lowest BCUT2D eigenvalue weighted by Gasteiger charge is -2.24. The molecule has 2 aromatic carbocycles. The van der Waals surface area contributed by atoms with Crippen molar-refractivity contribution < 1.29 is 29.0 Å². The first-order valence-corrected chi connectivity index (χ1v) is 10.1. The second-order valence-corrected chi connectivity index (χ2v) is 7.52.